The van der Waals surface area contributed by atoms with Gasteiger partial charge in [-0.2, -0.15) is 0 Å². The van der Waals surface area contributed by atoms with E-state index in [1.807, 2.05) is 18.2 Å². The average Bonchev–Trinajstić information content (AvgIpc) is 2.52. The summed E-state index contributed by atoms with van der Waals surface area (Å²) in [7, 11) is 4.91. The van der Waals surface area contributed by atoms with Crippen molar-refractivity contribution in [3.8, 4) is 11.5 Å². The lowest BCUT2D eigenvalue weighted by molar-refractivity contribution is -0.121. The fourth-order valence-electron chi connectivity index (χ4n) is 1.74. The predicted octanol–water partition coefficient (Wildman–Crippen LogP) is 0.946. The molecule has 6 heteroatoms. The molecular weight excluding hydrogens is 272 g/mol. The summed E-state index contributed by atoms with van der Waals surface area (Å²) in [5.41, 5.74) is 0.988. The molecule has 0 aliphatic heterocycles. The summed E-state index contributed by atoms with van der Waals surface area (Å²) in [5.74, 6) is 1.49. The summed E-state index contributed by atoms with van der Waals surface area (Å²) >= 11 is 0. The molecule has 0 aromatic heterocycles. The molecule has 0 bridgehead atoms. The molecule has 21 heavy (non-hydrogen) atoms. The fourth-order valence-corrected chi connectivity index (χ4v) is 1.74. The summed E-state index contributed by atoms with van der Waals surface area (Å²) in [6.07, 6.45) is 0.332. The average molecular weight is 296 g/mol. The molecule has 2 N–H and O–H groups in total. The minimum atomic E-state index is -0.0386. The number of hydrogen-bond acceptors (Lipinski definition) is 5. The van der Waals surface area contributed by atoms with E-state index in [0.717, 1.165) is 23.6 Å². The third kappa shape index (κ3) is 6.46. The van der Waals surface area contributed by atoms with Gasteiger partial charge in [0.2, 0.25) is 5.91 Å². The van der Waals surface area contributed by atoms with Gasteiger partial charge in [-0.05, 0) is 18.2 Å². The molecule has 0 aliphatic rings. The standard InChI is InChI=1S/C15H24N2O4/c1-16-15(18)6-8-21-14-5-4-13(20-3)10-12(14)11-17-7-9-19-2/h4-5,10,17H,6-9,11H2,1-3H3,(H,16,18). The number of benzene rings is 1. The van der Waals surface area contributed by atoms with Crippen LogP contribution in [0, 0.1) is 0 Å². The Bertz CT molecular complexity index is 438. The molecule has 0 atom stereocenters. The number of nitrogens with one attached hydrogen (secondary N) is 2. The molecule has 0 heterocycles. The van der Waals surface area contributed by atoms with Crippen LogP contribution in [0.2, 0.25) is 0 Å². The number of methoxy groups -OCH3 is 2. The minimum absolute atomic E-state index is 0.0386. The molecule has 0 spiro atoms. The van der Waals surface area contributed by atoms with Gasteiger partial charge in [0.25, 0.3) is 0 Å². The lowest BCUT2D eigenvalue weighted by Crippen LogP contribution is -2.21. The Kier molecular flexibility index (Phi) is 8.23. The molecule has 1 aromatic carbocycles. The normalized spacial score (nSPS) is 10.2. The summed E-state index contributed by atoms with van der Waals surface area (Å²) in [6.45, 7) is 2.40. The van der Waals surface area contributed by atoms with Gasteiger partial charge in [0.15, 0.2) is 0 Å². The van der Waals surface area contributed by atoms with Gasteiger partial charge in [0.1, 0.15) is 11.5 Å². The van der Waals surface area contributed by atoms with Crippen molar-refractivity contribution in [1.29, 1.82) is 0 Å². The third-order valence-corrected chi connectivity index (χ3v) is 2.93. The first-order chi connectivity index (χ1) is 10.2. The van der Waals surface area contributed by atoms with Gasteiger partial charge in [0, 0.05) is 32.8 Å². The number of rotatable bonds is 10. The van der Waals surface area contributed by atoms with Crippen molar-refractivity contribution < 1.29 is 19.0 Å². The van der Waals surface area contributed by atoms with Gasteiger partial charge in [-0.1, -0.05) is 0 Å². The Balaban J connectivity index is 2.60. The first-order valence-electron chi connectivity index (χ1n) is 6.91. The van der Waals surface area contributed by atoms with Gasteiger partial charge in [-0.3, -0.25) is 4.79 Å². The molecule has 1 amide bonds. The number of carbonyl (C=O) groups is 1. The van der Waals surface area contributed by atoms with Gasteiger partial charge in [-0.25, -0.2) is 0 Å². The smallest absolute Gasteiger partial charge is 0.223 e. The van der Waals surface area contributed by atoms with Crippen LogP contribution >= 0.6 is 0 Å². The molecule has 0 saturated heterocycles. The van der Waals surface area contributed by atoms with E-state index in [2.05, 4.69) is 10.6 Å². The molecule has 0 unspecified atom stereocenters. The van der Waals surface area contributed by atoms with E-state index in [4.69, 9.17) is 14.2 Å². The van der Waals surface area contributed by atoms with Crippen LogP contribution in [0.1, 0.15) is 12.0 Å². The van der Waals surface area contributed by atoms with E-state index in [1.54, 1.807) is 21.3 Å². The van der Waals surface area contributed by atoms with Crippen molar-refractivity contribution in [3.05, 3.63) is 23.8 Å². The number of ether oxygens (including phenoxy) is 3. The third-order valence-electron chi connectivity index (χ3n) is 2.93. The molecule has 0 fully saturated rings. The largest absolute Gasteiger partial charge is 0.497 e. The lowest BCUT2D eigenvalue weighted by Gasteiger charge is -2.13. The second kappa shape index (κ2) is 10.0. The van der Waals surface area contributed by atoms with E-state index >= 15 is 0 Å². The van der Waals surface area contributed by atoms with Gasteiger partial charge >= 0.3 is 0 Å². The van der Waals surface area contributed by atoms with Crippen LogP contribution in [0.3, 0.4) is 0 Å². The van der Waals surface area contributed by atoms with Crippen molar-refractivity contribution in [2.75, 3.05) is 41.0 Å². The van der Waals surface area contributed by atoms with Crippen molar-refractivity contribution in [2.24, 2.45) is 0 Å². The number of amides is 1. The quantitative estimate of drug-likeness (QED) is 0.629. The van der Waals surface area contributed by atoms with Crippen molar-refractivity contribution in [3.63, 3.8) is 0 Å². The number of hydrogen-bond donors (Lipinski definition) is 2. The SMILES string of the molecule is CNC(=O)CCOc1ccc(OC)cc1CNCCOC. The van der Waals surface area contributed by atoms with Crippen LogP contribution in [0.25, 0.3) is 0 Å². The summed E-state index contributed by atoms with van der Waals surface area (Å²) in [4.78, 5) is 11.2. The zero-order valence-electron chi connectivity index (χ0n) is 12.9. The summed E-state index contributed by atoms with van der Waals surface area (Å²) in [6, 6.07) is 5.62. The second-order valence-electron chi connectivity index (χ2n) is 4.41. The van der Waals surface area contributed by atoms with Crippen LogP contribution in [0.4, 0.5) is 0 Å². The van der Waals surface area contributed by atoms with Gasteiger partial charge in [-0.15, -0.1) is 0 Å². The molecule has 0 saturated carbocycles. The maximum atomic E-state index is 11.2. The van der Waals surface area contributed by atoms with E-state index < -0.39 is 0 Å². The van der Waals surface area contributed by atoms with Gasteiger partial charge < -0.3 is 24.8 Å². The zero-order valence-corrected chi connectivity index (χ0v) is 12.9. The fraction of sp³-hybridized carbons (Fsp3) is 0.533. The highest BCUT2D eigenvalue weighted by atomic mass is 16.5. The van der Waals surface area contributed by atoms with Crippen LogP contribution in [-0.2, 0) is 16.1 Å². The Labute approximate surface area is 125 Å². The van der Waals surface area contributed by atoms with E-state index in [1.165, 1.54) is 0 Å². The van der Waals surface area contributed by atoms with Crippen molar-refractivity contribution in [2.45, 2.75) is 13.0 Å². The minimum Gasteiger partial charge on any atom is -0.497 e. The molecule has 0 aliphatic carbocycles. The molecule has 1 aromatic rings. The lowest BCUT2D eigenvalue weighted by atomic mass is 10.2. The van der Waals surface area contributed by atoms with Crippen LogP contribution in [0.15, 0.2) is 18.2 Å². The van der Waals surface area contributed by atoms with E-state index in [0.29, 0.717) is 26.2 Å². The summed E-state index contributed by atoms with van der Waals surface area (Å²) < 4.78 is 15.9. The molecular formula is C15H24N2O4. The maximum Gasteiger partial charge on any atom is 0.223 e. The predicted molar refractivity (Wildman–Crippen MR) is 80.8 cm³/mol. The molecule has 0 radical (unpaired) electrons. The Morgan fingerprint density at radius 1 is 1.24 bits per heavy atom. The maximum absolute atomic E-state index is 11.2. The Hall–Kier alpha value is -1.79. The molecule has 6 nitrogen and oxygen atoms in total. The van der Waals surface area contributed by atoms with E-state index in [-0.39, 0.29) is 5.91 Å². The second-order valence-corrected chi connectivity index (χ2v) is 4.41. The highest BCUT2D eigenvalue weighted by Crippen LogP contribution is 2.24. The van der Waals surface area contributed by atoms with Crippen LogP contribution < -0.4 is 20.1 Å². The monoisotopic (exact) mass is 296 g/mol. The van der Waals surface area contributed by atoms with Crippen molar-refractivity contribution >= 4 is 5.91 Å². The van der Waals surface area contributed by atoms with Crippen LogP contribution in [0.5, 0.6) is 11.5 Å². The van der Waals surface area contributed by atoms with Crippen molar-refractivity contribution in [1.82, 2.24) is 10.6 Å². The summed E-state index contributed by atoms with van der Waals surface area (Å²) in [5, 5.41) is 5.83. The highest BCUT2D eigenvalue weighted by Gasteiger charge is 2.07. The molecule has 1 rings (SSSR count). The Morgan fingerprint density at radius 2 is 2.05 bits per heavy atom. The topological polar surface area (TPSA) is 68.8 Å². The first-order valence-corrected chi connectivity index (χ1v) is 6.91. The first kappa shape index (κ1) is 17.3. The Morgan fingerprint density at radius 3 is 2.71 bits per heavy atom. The zero-order chi connectivity index (χ0) is 15.5. The molecule has 118 valence electrons. The highest BCUT2D eigenvalue weighted by molar-refractivity contribution is 5.75. The van der Waals surface area contributed by atoms with Crippen LogP contribution in [-0.4, -0.2) is 46.9 Å². The number of carbonyl (C=O) groups excluding carboxylic acids is 1. The van der Waals surface area contributed by atoms with E-state index in [9.17, 15) is 4.79 Å². The van der Waals surface area contributed by atoms with Gasteiger partial charge in [0.05, 0.1) is 26.7 Å².